The number of amides is 1. The number of nitrogens with zero attached hydrogens (tertiary/aromatic N) is 1. The normalized spacial score (nSPS) is 11.1. The van der Waals surface area contributed by atoms with Crippen LogP contribution >= 0.6 is 22.7 Å². The molecule has 0 aliphatic heterocycles. The molecule has 3 rings (SSSR count). The smallest absolute Gasteiger partial charge is 0.244 e. The maximum Gasteiger partial charge on any atom is 0.244 e. The molecule has 6 heteroatoms. The Morgan fingerprint density at radius 2 is 2.27 bits per heavy atom. The van der Waals surface area contributed by atoms with Crippen LogP contribution in [0.4, 0.5) is 0 Å². The number of carbonyl (C=O) groups excluding carboxylic acids is 1. The number of carbonyl (C=O) groups is 1. The van der Waals surface area contributed by atoms with Crippen molar-refractivity contribution in [2.24, 2.45) is 0 Å². The van der Waals surface area contributed by atoms with Gasteiger partial charge < -0.3 is 9.73 Å². The molecule has 1 N–H and O–H groups in total. The van der Waals surface area contributed by atoms with Gasteiger partial charge in [0.25, 0.3) is 0 Å². The summed E-state index contributed by atoms with van der Waals surface area (Å²) in [4.78, 5) is 17.2. The molecule has 0 atom stereocenters. The van der Waals surface area contributed by atoms with E-state index in [0.29, 0.717) is 12.3 Å². The van der Waals surface area contributed by atoms with Crippen molar-refractivity contribution < 1.29 is 9.21 Å². The molecule has 0 saturated carbocycles. The second-order valence-corrected chi connectivity index (χ2v) is 6.63. The van der Waals surface area contributed by atoms with Crippen molar-refractivity contribution in [3.8, 4) is 11.5 Å². The number of thiazole rings is 1. The molecular weight excluding hydrogens is 316 g/mol. The van der Waals surface area contributed by atoms with Gasteiger partial charge in [-0.15, -0.1) is 22.7 Å². The van der Waals surface area contributed by atoms with Crippen molar-refractivity contribution in [3.63, 3.8) is 0 Å². The molecule has 0 unspecified atom stereocenters. The predicted octanol–water partition coefficient (Wildman–Crippen LogP) is 4.10. The number of hydrogen-bond donors (Lipinski definition) is 1. The van der Waals surface area contributed by atoms with Crippen molar-refractivity contribution in [1.29, 1.82) is 0 Å². The van der Waals surface area contributed by atoms with Crippen LogP contribution in [0.5, 0.6) is 0 Å². The topological polar surface area (TPSA) is 55.1 Å². The summed E-state index contributed by atoms with van der Waals surface area (Å²) in [6.07, 6.45) is 3.32. The van der Waals surface area contributed by atoms with Crippen LogP contribution in [0.3, 0.4) is 0 Å². The zero-order chi connectivity index (χ0) is 15.4. The zero-order valence-electron chi connectivity index (χ0n) is 11.9. The summed E-state index contributed by atoms with van der Waals surface area (Å²) in [5.74, 6) is 1.29. The van der Waals surface area contributed by atoms with Crippen LogP contribution < -0.4 is 5.32 Å². The van der Waals surface area contributed by atoms with Crippen molar-refractivity contribution in [1.82, 2.24) is 10.3 Å². The van der Waals surface area contributed by atoms with E-state index in [4.69, 9.17) is 4.42 Å². The van der Waals surface area contributed by atoms with Crippen LogP contribution in [0.15, 0.2) is 45.5 Å². The number of rotatable bonds is 5. The van der Waals surface area contributed by atoms with Gasteiger partial charge in [0.15, 0.2) is 5.76 Å². The third-order valence-electron chi connectivity index (χ3n) is 2.91. The number of aromatic nitrogens is 1. The van der Waals surface area contributed by atoms with E-state index in [1.807, 2.05) is 41.9 Å². The van der Waals surface area contributed by atoms with E-state index in [1.54, 1.807) is 28.7 Å². The zero-order valence-corrected chi connectivity index (χ0v) is 13.5. The van der Waals surface area contributed by atoms with Gasteiger partial charge in [-0.3, -0.25) is 4.79 Å². The van der Waals surface area contributed by atoms with Gasteiger partial charge in [-0.2, -0.15) is 0 Å². The van der Waals surface area contributed by atoms with Crippen molar-refractivity contribution in [2.75, 3.05) is 0 Å². The Morgan fingerprint density at radius 1 is 1.36 bits per heavy atom. The molecule has 0 radical (unpaired) electrons. The number of thiophene rings is 1. The highest BCUT2D eigenvalue weighted by Gasteiger charge is 2.08. The van der Waals surface area contributed by atoms with Gasteiger partial charge in [0.05, 0.1) is 11.6 Å². The number of nitrogens with one attached hydrogen (secondary N) is 1. The average molecular weight is 330 g/mol. The predicted molar refractivity (Wildman–Crippen MR) is 89.8 cm³/mol. The van der Waals surface area contributed by atoms with E-state index < -0.39 is 0 Å². The first-order valence-corrected chi connectivity index (χ1v) is 8.47. The maximum atomic E-state index is 11.7. The standard InChI is InChI=1S/C16H14N2O2S2/c1-11-18-14(10-22-11)15-6-4-12(20-15)9-17-16(19)7-5-13-3-2-8-21-13/h2-8,10H,9H2,1H3,(H,17,19)/b7-5-. The monoisotopic (exact) mass is 330 g/mol. The fourth-order valence-electron chi connectivity index (χ4n) is 1.86. The summed E-state index contributed by atoms with van der Waals surface area (Å²) in [5.41, 5.74) is 0.831. The summed E-state index contributed by atoms with van der Waals surface area (Å²) in [6.45, 7) is 2.31. The lowest BCUT2D eigenvalue weighted by molar-refractivity contribution is -0.116. The second-order valence-electron chi connectivity index (χ2n) is 4.58. The molecule has 22 heavy (non-hydrogen) atoms. The van der Waals surface area contributed by atoms with Gasteiger partial charge in [-0.1, -0.05) is 6.07 Å². The van der Waals surface area contributed by atoms with Crippen LogP contribution in [0.2, 0.25) is 0 Å². The van der Waals surface area contributed by atoms with E-state index >= 15 is 0 Å². The fourth-order valence-corrected chi connectivity index (χ4v) is 3.08. The largest absolute Gasteiger partial charge is 0.458 e. The van der Waals surface area contributed by atoms with Crippen molar-refractivity contribution >= 4 is 34.7 Å². The SMILES string of the molecule is Cc1nc(-c2ccc(CNC(=O)/C=C\c3cccs3)o2)cs1. The van der Waals surface area contributed by atoms with Crippen LogP contribution in [0.25, 0.3) is 17.5 Å². The molecule has 4 nitrogen and oxygen atoms in total. The third kappa shape index (κ3) is 3.72. The summed E-state index contributed by atoms with van der Waals surface area (Å²) >= 11 is 3.17. The van der Waals surface area contributed by atoms with Gasteiger partial charge in [0.1, 0.15) is 11.5 Å². The summed E-state index contributed by atoms with van der Waals surface area (Å²) < 4.78 is 5.69. The maximum absolute atomic E-state index is 11.7. The number of aryl methyl sites for hydroxylation is 1. The number of hydrogen-bond acceptors (Lipinski definition) is 5. The lowest BCUT2D eigenvalue weighted by Gasteiger charge is -1.98. The van der Waals surface area contributed by atoms with Crippen LogP contribution in [0.1, 0.15) is 15.6 Å². The molecular formula is C16H14N2O2S2. The lowest BCUT2D eigenvalue weighted by atomic mass is 10.3. The molecule has 0 fully saturated rings. The van der Waals surface area contributed by atoms with E-state index in [1.165, 1.54) is 6.08 Å². The molecule has 3 aromatic rings. The molecule has 0 aromatic carbocycles. The first kappa shape index (κ1) is 14.7. The van der Waals surface area contributed by atoms with Crippen molar-refractivity contribution in [3.05, 3.63) is 56.7 Å². The Morgan fingerprint density at radius 3 is 3.00 bits per heavy atom. The molecule has 0 aliphatic carbocycles. The van der Waals surface area contributed by atoms with Gasteiger partial charge >= 0.3 is 0 Å². The Kier molecular flexibility index (Phi) is 4.50. The Bertz CT molecular complexity index is 785. The Balaban J connectivity index is 1.55. The average Bonchev–Trinajstić information content (AvgIpc) is 3.24. The molecule has 0 aliphatic rings. The van der Waals surface area contributed by atoms with E-state index in [-0.39, 0.29) is 5.91 Å². The lowest BCUT2D eigenvalue weighted by Crippen LogP contribution is -2.19. The molecule has 0 spiro atoms. The second kappa shape index (κ2) is 6.72. The highest BCUT2D eigenvalue weighted by atomic mass is 32.1. The first-order chi connectivity index (χ1) is 10.7. The molecule has 112 valence electrons. The Labute approximate surface area is 136 Å². The summed E-state index contributed by atoms with van der Waals surface area (Å²) in [6, 6.07) is 7.64. The highest BCUT2D eigenvalue weighted by molar-refractivity contribution is 7.10. The van der Waals surface area contributed by atoms with E-state index in [9.17, 15) is 4.79 Å². The van der Waals surface area contributed by atoms with Gasteiger partial charge in [-0.25, -0.2) is 4.98 Å². The minimum atomic E-state index is -0.143. The van der Waals surface area contributed by atoms with E-state index in [2.05, 4.69) is 10.3 Å². The summed E-state index contributed by atoms with van der Waals surface area (Å²) in [7, 11) is 0. The molecule has 0 bridgehead atoms. The number of furan rings is 1. The van der Waals surface area contributed by atoms with Gasteiger partial charge in [0.2, 0.25) is 5.91 Å². The first-order valence-electron chi connectivity index (χ1n) is 6.71. The Hall–Kier alpha value is -2.18. The molecule has 1 amide bonds. The third-order valence-corrected chi connectivity index (χ3v) is 4.52. The van der Waals surface area contributed by atoms with Gasteiger partial charge in [-0.05, 0) is 36.6 Å². The molecule has 3 aromatic heterocycles. The summed E-state index contributed by atoms with van der Waals surface area (Å²) in [5, 5.41) is 7.73. The van der Waals surface area contributed by atoms with Crippen LogP contribution in [-0.4, -0.2) is 10.9 Å². The van der Waals surface area contributed by atoms with Crippen LogP contribution in [0, 0.1) is 6.92 Å². The van der Waals surface area contributed by atoms with Gasteiger partial charge in [0, 0.05) is 16.3 Å². The molecule has 0 saturated heterocycles. The minimum absolute atomic E-state index is 0.143. The quantitative estimate of drug-likeness (QED) is 0.717. The fraction of sp³-hybridized carbons (Fsp3) is 0.125. The van der Waals surface area contributed by atoms with Crippen molar-refractivity contribution in [2.45, 2.75) is 13.5 Å². The highest BCUT2D eigenvalue weighted by Crippen LogP contribution is 2.23. The van der Waals surface area contributed by atoms with E-state index in [0.717, 1.165) is 21.3 Å². The molecule has 3 heterocycles. The minimum Gasteiger partial charge on any atom is -0.458 e. The van der Waals surface area contributed by atoms with Crippen LogP contribution in [-0.2, 0) is 11.3 Å².